The lowest BCUT2D eigenvalue weighted by Crippen LogP contribution is -2.20. The first kappa shape index (κ1) is 19.2. The topological polar surface area (TPSA) is 50.7 Å². The molecule has 0 fully saturated rings. The Bertz CT molecular complexity index is 753. The fraction of sp³-hybridized carbons (Fsp3) is 0.300. The molecule has 0 unspecified atom stereocenters. The maximum atomic E-state index is 12.4. The van der Waals surface area contributed by atoms with Crippen LogP contribution in [0.5, 0.6) is 5.75 Å². The van der Waals surface area contributed by atoms with Crippen LogP contribution in [0.15, 0.2) is 52.0 Å². The van der Waals surface area contributed by atoms with E-state index in [-0.39, 0.29) is 12.0 Å². The maximum Gasteiger partial charge on any atom is 0.275 e. The van der Waals surface area contributed by atoms with E-state index in [1.807, 2.05) is 32.0 Å². The summed E-state index contributed by atoms with van der Waals surface area (Å²) < 4.78 is 6.50. The van der Waals surface area contributed by atoms with Crippen molar-refractivity contribution in [1.82, 2.24) is 5.43 Å². The average molecular weight is 403 g/mol. The van der Waals surface area contributed by atoms with E-state index < -0.39 is 0 Å². The molecule has 0 aliphatic heterocycles. The van der Waals surface area contributed by atoms with Crippen molar-refractivity contribution in [3.05, 3.63) is 63.6 Å². The largest absolute Gasteiger partial charge is 0.490 e. The number of hydrogen-bond acceptors (Lipinski definition) is 3. The molecule has 0 saturated carbocycles. The molecule has 0 aromatic heterocycles. The van der Waals surface area contributed by atoms with Gasteiger partial charge in [-0.25, -0.2) is 5.43 Å². The summed E-state index contributed by atoms with van der Waals surface area (Å²) in [5.41, 5.74) is 5.19. The molecule has 2 aromatic carbocycles. The van der Waals surface area contributed by atoms with E-state index in [2.05, 4.69) is 52.4 Å². The molecule has 0 bridgehead atoms. The Kier molecular flexibility index (Phi) is 6.76. The molecule has 0 aliphatic carbocycles. The lowest BCUT2D eigenvalue weighted by Gasteiger charge is -2.13. The van der Waals surface area contributed by atoms with Gasteiger partial charge in [-0.05, 0) is 49.1 Å². The molecule has 0 spiro atoms. The Labute approximate surface area is 157 Å². The van der Waals surface area contributed by atoms with E-state index in [1.165, 1.54) is 5.56 Å². The molecule has 2 rings (SSSR count). The number of carbonyl (C=O) groups is 1. The summed E-state index contributed by atoms with van der Waals surface area (Å²) in [6.07, 6.45) is 1.61. The van der Waals surface area contributed by atoms with Crippen molar-refractivity contribution in [1.29, 1.82) is 0 Å². The van der Waals surface area contributed by atoms with Crippen LogP contribution in [-0.2, 0) is 0 Å². The van der Waals surface area contributed by atoms with Gasteiger partial charge in [0, 0.05) is 4.47 Å². The number of carbonyl (C=O) groups excluding carboxylic acids is 1. The van der Waals surface area contributed by atoms with E-state index >= 15 is 0 Å². The molecule has 5 heteroatoms. The van der Waals surface area contributed by atoms with Crippen LogP contribution in [0.3, 0.4) is 0 Å². The number of hydrogen-bond donors (Lipinski definition) is 1. The van der Waals surface area contributed by atoms with Gasteiger partial charge in [-0.3, -0.25) is 4.79 Å². The third kappa shape index (κ3) is 5.71. The monoisotopic (exact) mass is 402 g/mol. The molecule has 4 nitrogen and oxygen atoms in total. The molecule has 0 aliphatic rings. The van der Waals surface area contributed by atoms with Crippen molar-refractivity contribution in [2.75, 3.05) is 0 Å². The van der Waals surface area contributed by atoms with Gasteiger partial charge in [0.15, 0.2) is 0 Å². The number of halogens is 1. The van der Waals surface area contributed by atoms with Crippen molar-refractivity contribution in [3.8, 4) is 5.75 Å². The predicted molar refractivity (Wildman–Crippen MR) is 105 cm³/mol. The molecule has 1 N–H and O–H groups in total. The van der Waals surface area contributed by atoms with Crippen LogP contribution in [0.25, 0.3) is 0 Å². The van der Waals surface area contributed by atoms with Crippen molar-refractivity contribution >= 4 is 28.1 Å². The van der Waals surface area contributed by atoms with Crippen LogP contribution in [0.2, 0.25) is 0 Å². The van der Waals surface area contributed by atoms with E-state index in [1.54, 1.807) is 18.3 Å². The zero-order valence-corrected chi connectivity index (χ0v) is 16.5. The number of nitrogens with zero attached hydrogens (tertiary/aromatic N) is 1. The smallest absolute Gasteiger partial charge is 0.275 e. The second-order valence-corrected chi connectivity index (χ2v) is 7.24. The van der Waals surface area contributed by atoms with E-state index in [9.17, 15) is 4.79 Å². The standard InChI is InChI=1S/C20H23BrN2O2/c1-13(2)16-7-5-15(6-8-16)12-22-23-20(24)18-11-17(21)9-10-19(18)25-14(3)4/h5-14H,1-4H3,(H,23,24)/b22-12-. The molecule has 1 amide bonds. The number of ether oxygens (including phenoxy) is 1. The highest BCUT2D eigenvalue weighted by molar-refractivity contribution is 9.10. The summed E-state index contributed by atoms with van der Waals surface area (Å²) in [5.74, 6) is 0.709. The highest BCUT2D eigenvalue weighted by Gasteiger charge is 2.13. The van der Waals surface area contributed by atoms with Gasteiger partial charge in [0.2, 0.25) is 0 Å². The molecule has 2 aromatic rings. The number of amides is 1. The summed E-state index contributed by atoms with van der Waals surface area (Å²) in [4.78, 5) is 12.4. The maximum absolute atomic E-state index is 12.4. The number of nitrogens with one attached hydrogen (secondary N) is 1. The van der Waals surface area contributed by atoms with Crippen LogP contribution < -0.4 is 10.2 Å². The van der Waals surface area contributed by atoms with Crippen LogP contribution in [0, 0.1) is 0 Å². The summed E-state index contributed by atoms with van der Waals surface area (Å²) >= 11 is 3.38. The minimum Gasteiger partial charge on any atom is -0.490 e. The van der Waals surface area contributed by atoms with E-state index in [4.69, 9.17) is 4.74 Å². The molecule has 0 saturated heterocycles. The zero-order chi connectivity index (χ0) is 18.4. The third-order valence-electron chi connectivity index (χ3n) is 3.53. The zero-order valence-electron chi connectivity index (χ0n) is 14.9. The first-order valence-electron chi connectivity index (χ1n) is 8.26. The molecule has 0 radical (unpaired) electrons. The van der Waals surface area contributed by atoms with Gasteiger partial charge in [0.25, 0.3) is 5.91 Å². The van der Waals surface area contributed by atoms with Crippen molar-refractivity contribution in [2.24, 2.45) is 5.10 Å². The van der Waals surface area contributed by atoms with Gasteiger partial charge in [-0.2, -0.15) is 5.10 Å². The van der Waals surface area contributed by atoms with Gasteiger partial charge in [0.1, 0.15) is 5.75 Å². The second kappa shape index (κ2) is 8.81. The Morgan fingerprint density at radius 1 is 1.12 bits per heavy atom. The fourth-order valence-electron chi connectivity index (χ4n) is 2.23. The predicted octanol–water partition coefficient (Wildman–Crippen LogP) is 5.12. The highest BCUT2D eigenvalue weighted by Crippen LogP contribution is 2.24. The minimum absolute atomic E-state index is 0.0179. The third-order valence-corrected chi connectivity index (χ3v) is 4.03. The normalized spacial score (nSPS) is 11.3. The van der Waals surface area contributed by atoms with Crippen molar-refractivity contribution < 1.29 is 9.53 Å². The van der Waals surface area contributed by atoms with E-state index in [0.29, 0.717) is 17.2 Å². The minimum atomic E-state index is -0.313. The first-order valence-corrected chi connectivity index (χ1v) is 9.05. The van der Waals surface area contributed by atoms with Crippen molar-refractivity contribution in [3.63, 3.8) is 0 Å². The van der Waals surface area contributed by atoms with Gasteiger partial charge in [-0.1, -0.05) is 54.0 Å². The quantitative estimate of drug-likeness (QED) is 0.538. The molecular weight excluding hydrogens is 380 g/mol. The fourth-order valence-corrected chi connectivity index (χ4v) is 2.59. The summed E-state index contributed by atoms with van der Waals surface area (Å²) in [5, 5.41) is 4.05. The summed E-state index contributed by atoms with van der Waals surface area (Å²) in [6, 6.07) is 13.4. The Hall–Kier alpha value is -2.14. The second-order valence-electron chi connectivity index (χ2n) is 6.33. The number of rotatable bonds is 6. The van der Waals surface area contributed by atoms with E-state index in [0.717, 1.165) is 10.0 Å². The lowest BCUT2D eigenvalue weighted by atomic mass is 10.0. The number of benzene rings is 2. The van der Waals surface area contributed by atoms with Gasteiger partial charge in [0.05, 0.1) is 17.9 Å². The Morgan fingerprint density at radius 2 is 1.80 bits per heavy atom. The summed E-state index contributed by atoms with van der Waals surface area (Å²) in [7, 11) is 0. The molecular formula is C20H23BrN2O2. The SMILES string of the molecule is CC(C)Oc1ccc(Br)cc1C(=O)N/N=C\c1ccc(C(C)C)cc1. The first-order chi connectivity index (χ1) is 11.9. The molecule has 25 heavy (non-hydrogen) atoms. The molecule has 0 atom stereocenters. The van der Waals surface area contributed by atoms with Crippen LogP contribution in [-0.4, -0.2) is 18.2 Å². The number of hydrazone groups is 1. The van der Waals surface area contributed by atoms with Crippen molar-refractivity contribution in [2.45, 2.75) is 39.7 Å². The molecule has 132 valence electrons. The van der Waals surface area contributed by atoms with Gasteiger partial charge >= 0.3 is 0 Å². The Balaban J connectivity index is 2.08. The summed E-state index contributed by atoms with van der Waals surface area (Å²) in [6.45, 7) is 8.14. The van der Waals surface area contributed by atoms with Crippen LogP contribution >= 0.6 is 15.9 Å². The Morgan fingerprint density at radius 3 is 2.40 bits per heavy atom. The highest BCUT2D eigenvalue weighted by atomic mass is 79.9. The van der Waals surface area contributed by atoms with Crippen LogP contribution in [0.4, 0.5) is 0 Å². The average Bonchev–Trinajstić information content (AvgIpc) is 2.56. The van der Waals surface area contributed by atoms with Gasteiger partial charge in [-0.15, -0.1) is 0 Å². The lowest BCUT2D eigenvalue weighted by molar-refractivity contribution is 0.0949. The van der Waals surface area contributed by atoms with Crippen LogP contribution in [0.1, 0.15) is 55.1 Å². The molecule has 0 heterocycles. The van der Waals surface area contributed by atoms with Gasteiger partial charge < -0.3 is 4.74 Å².